The first-order valence-corrected chi connectivity index (χ1v) is 5.33. The van der Waals surface area contributed by atoms with E-state index in [2.05, 4.69) is 25.2 Å². The Hall–Kier alpha value is -1.47. The molecule has 7 nitrogen and oxygen atoms in total. The summed E-state index contributed by atoms with van der Waals surface area (Å²) in [7, 11) is 1.98. The molecule has 1 aromatic heterocycles. The number of hydrogen-bond donors (Lipinski definition) is 3. The molecule has 0 spiro atoms. The summed E-state index contributed by atoms with van der Waals surface area (Å²) in [6.45, 7) is 2.72. The fourth-order valence-corrected chi connectivity index (χ4v) is 1.94. The molecular formula is C9H17N7. The minimum atomic E-state index is 0.187. The fourth-order valence-electron chi connectivity index (χ4n) is 1.94. The number of nitrogens with two attached hydrogens (primary N) is 2. The second-order valence-electron chi connectivity index (χ2n) is 3.98. The normalized spacial score (nSPS) is 21.4. The molecule has 0 aliphatic carbocycles. The lowest BCUT2D eigenvalue weighted by atomic mass is 10.3. The minimum Gasteiger partial charge on any atom is -0.368 e. The number of anilines is 2. The highest BCUT2D eigenvalue weighted by molar-refractivity contribution is 5.25. The summed E-state index contributed by atoms with van der Waals surface area (Å²) in [5.74, 6) is 1.01. The van der Waals surface area contributed by atoms with Gasteiger partial charge in [-0.3, -0.25) is 4.90 Å². The van der Waals surface area contributed by atoms with E-state index in [9.17, 15) is 0 Å². The van der Waals surface area contributed by atoms with Crippen LogP contribution in [0.2, 0.25) is 0 Å². The number of likely N-dealkylation sites (tertiary alicyclic amines) is 1. The van der Waals surface area contributed by atoms with Gasteiger partial charge in [0.25, 0.3) is 0 Å². The molecule has 1 unspecified atom stereocenters. The van der Waals surface area contributed by atoms with E-state index in [-0.39, 0.29) is 11.9 Å². The van der Waals surface area contributed by atoms with Crippen LogP contribution >= 0.6 is 0 Å². The molecular weight excluding hydrogens is 206 g/mol. The largest absolute Gasteiger partial charge is 0.368 e. The lowest BCUT2D eigenvalue weighted by Gasteiger charge is -2.14. The van der Waals surface area contributed by atoms with Crippen molar-refractivity contribution in [3.8, 4) is 0 Å². The molecule has 0 bridgehead atoms. The highest BCUT2D eigenvalue weighted by atomic mass is 15.2. The molecule has 5 N–H and O–H groups in total. The third kappa shape index (κ3) is 2.56. The second kappa shape index (κ2) is 4.58. The van der Waals surface area contributed by atoms with Crippen LogP contribution in [0.4, 0.5) is 11.9 Å². The Morgan fingerprint density at radius 2 is 2.00 bits per heavy atom. The molecule has 2 heterocycles. The Morgan fingerprint density at radius 3 is 2.56 bits per heavy atom. The van der Waals surface area contributed by atoms with Gasteiger partial charge in [-0.25, -0.2) is 0 Å². The molecule has 88 valence electrons. The molecule has 7 heteroatoms. The van der Waals surface area contributed by atoms with Crippen molar-refractivity contribution in [2.75, 3.05) is 31.6 Å². The van der Waals surface area contributed by atoms with Gasteiger partial charge < -0.3 is 16.8 Å². The van der Waals surface area contributed by atoms with Gasteiger partial charge in [0.05, 0.1) is 6.54 Å². The third-order valence-electron chi connectivity index (χ3n) is 2.76. The van der Waals surface area contributed by atoms with Crippen molar-refractivity contribution in [2.24, 2.45) is 0 Å². The summed E-state index contributed by atoms with van der Waals surface area (Å²) < 4.78 is 0. The minimum absolute atomic E-state index is 0.187. The van der Waals surface area contributed by atoms with Gasteiger partial charge in [0, 0.05) is 19.1 Å². The van der Waals surface area contributed by atoms with Crippen LogP contribution in [0.15, 0.2) is 0 Å². The first kappa shape index (κ1) is 11.0. The van der Waals surface area contributed by atoms with E-state index < -0.39 is 0 Å². The van der Waals surface area contributed by atoms with Gasteiger partial charge in [0.15, 0.2) is 0 Å². The van der Waals surface area contributed by atoms with Crippen LogP contribution < -0.4 is 16.8 Å². The van der Waals surface area contributed by atoms with E-state index in [1.165, 1.54) is 0 Å². The van der Waals surface area contributed by atoms with Gasteiger partial charge in [-0.1, -0.05) is 0 Å². The van der Waals surface area contributed by atoms with Crippen molar-refractivity contribution in [3.63, 3.8) is 0 Å². The first-order chi connectivity index (χ1) is 7.67. The topological polar surface area (TPSA) is 106 Å². The maximum Gasteiger partial charge on any atom is 0.225 e. The Balaban J connectivity index is 1.99. The molecule has 0 amide bonds. The Labute approximate surface area is 94.3 Å². The summed E-state index contributed by atoms with van der Waals surface area (Å²) in [6.07, 6.45) is 1.15. The van der Waals surface area contributed by atoms with E-state index in [1.54, 1.807) is 0 Å². The number of hydrogen-bond acceptors (Lipinski definition) is 7. The molecule has 1 aliphatic rings. The molecule has 1 saturated heterocycles. The number of rotatable bonds is 3. The van der Waals surface area contributed by atoms with E-state index in [4.69, 9.17) is 11.5 Å². The molecule has 1 aromatic rings. The quantitative estimate of drug-likeness (QED) is 0.592. The number of nitrogens with zero attached hydrogens (tertiary/aromatic N) is 4. The van der Waals surface area contributed by atoms with Crippen LogP contribution in [0.1, 0.15) is 12.2 Å². The van der Waals surface area contributed by atoms with Crippen molar-refractivity contribution in [3.05, 3.63) is 5.82 Å². The monoisotopic (exact) mass is 223 g/mol. The van der Waals surface area contributed by atoms with E-state index in [0.29, 0.717) is 18.4 Å². The van der Waals surface area contributed by atoms with E-state index in [1.807, 2.05) is 7.05 Å². The van der Waals surface area contributed by atoms with Crippen LogP contribution in [0.5, 0.6) is 0 Å². The lowest BCUT2D eigenvalue weighted by Crippen LogP contribution is -2.29. The van der Waals surface area contributed by atoms with Crippen molar-refractivity contribution in [2.45, 2.75) is 19.0 Å². The maximum atomic E-state index is 5.51. The van der Waals surface area contributed by atoms with Crippen molar-refractivity contribution >= 4 is 11.9 Å². The van der Waals surface area contributed by atoms with Gasteiger partial charge in [-0.05, 0) is 13.5 Å². The van der Waals surface area contributed by atoms with E-state index in [0.717, 1.165) is 19.5 Å². The van der Waals surface area contributed by atoms with Gasteiger partial charge in [0.1, 0.15) is 5.82 Å². The van der Waals surface area contributed by atoms with Crippen LogP contribution in [-0.2, 0) is 6.54 Å². The molecule has 1 fully saturated rings. The zero-order valence-electron chi connectivity index (χ0n) is 9.35. The SMILES string of the molecule is CNC1CCN(Cc2nc(N)nc(N)n2)C1. The van der Waals surface area contributed by atoms with Gasteiger partial charge in [-0.2, -0.15) is 15.0 Å². The number of nitrogens with one attached hydrogen (secondary N) is 1. The zero-order chi connectivity index (χ0) is 11.5. The highest BCUT2D eigenvalue weighted by Crippen LogP contribution is 2.11. The molecule has 1 aliphatic heterocycles. The average molecular weight is 223 g/mol. The summed E-state index contributed by atoms with van der Waals surface area (Å²) >= 11 is 0. The molecule has 0 aromatic carbocycles. The van der Waals surface area contributed by atoms with Crippen LogP contribution in [0, 0.1) is 0 Å². The van der Waals surface area contributed by atoms with Gasteiger partial charge in [-0.15, -0.1) is 0 Å². The molecule has 2 rings (SSSR count). The molecule has 0 saturated carbocycles. The van der Waals surface area contributed by atoms with Crippen molar-refractivity contribution in [1.29, 1.82) is 0 Å². The number of aromatic nitrogens is 3. The van der Waals surface area contributed by atoms with E-state index >= 15 is 0 Å². The predicted molar refractivity (Wildman–Crippen MR) is 61.4 cm³/mol. The Kier molecular flexibility index (Phi) is 3.16. The van der Waals surface area contributed by atoms with Crippen molar-refractivity contribution < 1.29 is 0 Å². The van der Waals surface area contributed by atoms with Crippen LogP contribution in [0.25, 0.3) is 0 Å². The first-order valence-electron chi connectivity index (χ1n) is 5.33. The smallest absolute Gasteiger partial charge is 0.225 e. The standard InChI is InChI=1S/C9H17N7/c1-12-6-2-3-16(4-6)5-7-13-8(10)15-9(11)14-7/h6,12H,2-5H2,1H3,(H4,10,11,13,14,15). The molecule has 1 atom stereocenters. The summed E-state index contributed by atoms with van der Waals surface area (Å²) in [6, 6.07) is 0.552. The molecule has 16 heavy (non-hydrogen) atoms. The van der Waals surface area contributed by atoms with Gasteiger partial charge in [0.2, 0.25) is 11.9 Å². The Morgan fingerprint density at radius 1 is 1.31 bits per heavy atom. The number of likely N-dealkylation sites (N-methyl/N-ethyl adjacent to an activating group) is 1. The zero-order valence-corrected chi connectivity index (χ0v) is 9.35. The third-order valence-corrected chi connectivity index (χ3v) is 2.76. The van der Waals surface area contributed by atoms with Crippen LogP contribution in [0.3, 0.4) is 0 Å². The highest BCUT2D eigenvalue weighted by Gasteiger charge is 2.21. The molecule has 0 radical (unpaired) electrons. The van der Waals surface area contributed by atoms with Crippen LogP contribution in [-0.4, -0.2) is 46.0 Å². The second-order valence-corrected chi connectivity index (χ2v) is 3.98. The fraction of sp³-hybridized carbons (Fsp3) is 0.667. The predicted octanol–water partition coefficient (Wildman–Crippen LogP) is -1.17. The lowest BCUT2D eigenvalue weighted by molar-refractivity contribution is 0.314. The summed E-state index contributed by atoms with van der Waals surface area (Å²) in [5, 5.41) is 3.26. The summed E-state index contributed by atoms with van der Waals surface area (Å²) in [4.78, 5) is 14.1. The summed E-state index contributed by atoms with van der Waals surface area (Å²) in [5.41, 5.74) is 11.0. The average Bonchev–Trinajstić information content (AvgIpc) is 2.64. The van der Waals surface area contributed by atoms with Gasteiger partial charge >= 0.3 is 0 Å². The number of nitrogen functional groups attached to an aromatic ring is 2. The Bertz CT molecular complexity index is 347. The maximum absolute atomic E-state index is 5.51. The van der Waals surface area contributed by atoms with Crippen molar-refractivity contribution in [1.82, 2.24) is 25.2 Å².